The maximum Gasteiger partial charge on any atom is 1.00 e. The van der Waals surface area contributed by atoms with Gasteiger partial charge in [-0.1, -0.05) is 6.42 Å². The van der Waals surface area contributed by atoms with Gasteiger partial charge in [-0.2, -0.15) is 0 Å². The number of rotatable bonds is 4. The Hall–Kier alpha value is -0.603. The van der Waals surface area contributed by atoms with E-state index >= 15 is 0 Å². The molecule has 1 aliphatic carbocycles. The van der Waals surface area contributed by atoms with Crippen LogP contribution in [0, 0.1) is 6.61 Å². The van der Waals surface area contributed by atoms with Gasteiger partial charge >= 0.3 is 25.0 Å². The summed E-state index contributed by atoms with van der Waals surface area (Å²) in [6.07, 6.45) is 3.33. The van der Waals surface area contributed by atoms with Gasteiger partial charge < -0.3 is 19.1 Å². The minimum Gasteiger partial charge on any atom is -0.511 e. The molecule has 0 bridgehead atoms. The van der Waals surface area contributed by atoms with E-state index in [1.54, 1.807) is 4.90 Å². The number of ether oxygens (including phenoxy) is 3. The molecule has 0 atom stereocenters. The van der Waals surface area contributed by atoms with E-state index < -0.39 is 5.79 Å². The first-order chi connectivity index (χ1) is 9.46. The van der Waals surface area contributed by atoms with Crippen LogP contribution in [0.15, 0.2) is 11.6 Å². The molecular weight excluding hydrogens is 265 g/mol. The second-order valence-corrected chi connectivity index (χ2v) is 5.74. The Morgan fingerprint density at radius 2 is 1.86 bits per heavy atom. The molecule has 0 aromatic carbocycles. The first kappa shape index (κ1) is 18.4. The normalized spacial score (nSPS) is 19.6. The van der Waals surface area contributed by atoms with Crippen molar-refractivity contribution in [3.63, 3.8) is 0 Å². The zero-order valence-corrected chi connectivity index (χ0v) is 13.7. The molecule has 1 spiro atoms. The van der Waals surface area contributed by atoms with E-state index in [-0.39, 0.29) is 37.0 Å². The van der Waals surface area contributed by atoms with Crippen LogP contribution in [0.5, 0.6) is 0 Å². The van der Waals surface area contributed by atoms with E-state index in [1.165, 1.54) is 6.61 Å². The van der Waals surface area contributed by atoms with Crippen molar-refractivity contribution < 1.29 is 37.9 Å². The van der Waals surface area contributed by atoms with Crippen LogP contribution < -0.4 is 18.9 Å². The summed E-state index contributed by atoms with van der Waals surface area (Å²) in [6.45, 7) is 10.5. The van der Waals surface area contributed by atoms with Crippen LogP contribution in [0.2, 0.25) is 0 Å². The van der Waals surface area contributed by atoms with E-state index in [9.17, 15) is 4.79 Å². The van der Waals surface area contributed by atoms with Crippen molar-refractivity contribution in [2.75, 3.05) is 13.2 Å². The predicted octanol–water partition coefficient (Wildman–Crippen LogP) is -0.129. The molecule has 1 fully saturated rings. The van der Waals surface area contributed by atoms with E-state index in [4.69, 9.17) is 14.2 Å². The molecule has 114 valence electrons. The fourth-order valence-electron chi connectivity index (χ4n) is 2.81. The largest absolute Gasteiger partial charge is 1.00 e. The Morgan fingerprint density at radius 3 is 2.38 bits per heavy atom. The van der Waals surface area contributed by atoms with Gasteiger partial charge in [0.1, 0.15) is 0 Å². The number of amides is 1. The van der Waals surface area contributed by atoms with Crippen molar-refractivity contribution >= 4 is 6.09 Å². The molecule has 0 aromatic heterocycles. The van der Waals surface area contributed by atoms with E-state index in [0.717, 1.165) is 18.4 Å². The van der Waals surface area contributed by atoms with Gasteiger partial charge in [0, 0.05) is 12.1 Å². The van der Waals surface area contributed by atoms with Crippen LogP contribution in [0.4, 0.5) is 4.79 Å². The number of nitrogens with zero attached hydrogens (tertiary/aromatic N) is 1. The molecule has 0 radical (unpaired) electrons. The minimum atomic E-state index is -0.680. The van der Waals surface area contributed by atoms with Crippen molar-refractivity contribution in [3.05, 3.63) is 18.3 Å². The number of hydrogen-bond donors (Lipinski definition) is 0. The summed E-state index contributed by atoms with van der Waals surface area (Å²) in [6, 6.07) is 0.197. The Labute approximate surface area is 139 Å². The van der Waals surface area contributed by atoms with Crippen LogP contribution in [-0.2, 0) is 14.2 Å². The van der Waals surface area contributed by atoms with Crippen molar-refractivity contribution in [1.82, 2.24) is 4.90 Å². The first-order valence-electron chi connectivity index (χ1n) is 7.27. The van der Waals surface area contributed by atoms with Crippen LogP contribution in [0.1, 0.15) is 40.5 Å². The van der Waals surface area contributed by atoms with Gasteiger partial charge in [-0.3, -0.25) is 0 Å². The molecule has 0 unspecified atom stereocenters. The van der Waals surface area contributed by atoms with Crippen molar-refractivity contribution in [2.24, 2.45) is 0 Å². The fourth-order valence-corrected chi connectivity index (χ4v) is 2.81. The number of hydrogen-bond acceptors (Lipinski definition) is 4. The van der Waals surface area contributed by atoms with Gasteiger partial charge in [-0.05, 0) is 40.7 Å². The molecule has 6 heteroatoms. The molecule has 1 saturated heterocycles. The molecule has 1 heterocycles. The standard InChI is InChI=1S/C15H24NO4.Li/c1-11(2)16(12(3)4)14(17)18-10-13-6-5-7-15(13)19-8-9-20-15;/h6,10-12H,5,7-9H2,1-4H3;/q-1;+1. The molecule has 0 aromatic rings. The summed E-state index contributed by atoms with van der Waals surface area (Å²) in [7, 11) is 0. The fraction of sp³-hybridized carbons (Fsp3) is 0.733. The molecular formula is C15H24LiNO4. The molecule has 1 aliphatic heterocycles. The second kappa shape index (κ2) is 7.60. The quantitative estimate of drug-likeness (QED) is 0.534. The summed E-state index contributed by atoms with van der Waals surface area (Å²) in [5.74, 6) is -0.680. The summed E-state index contributed by atoms with van der Waals surface area (Å²) >= 11 is 0. The third kappa shape index (κ3) is 3.98. The molecule has 21 heavy (non-hydrogen) atoms. The topological polar surface area (TPSA) is 48.0 Å². The van der Waals surface area contributed by atoms with Gasteiger partial charge in [-0.15, -0.1) is 5.57 Å². The Morgan fingerprint density at radius 1 is 1.29 bits per heavy atom. The average molecular weight is 289 g/mol. The smallest absolute Gasteiger partial charge is 0.511 e. The van der Waals surface area contributed by atoms with Gasteiger partial charge in [0.2, 0.25) is 0 Å². The molecule has 5 nitrogen and oxygen atoms in total. The number of carbonyl (C=O) groups excluding carboxylic acids is 1. The third-order valence-corrected chi connectivity index (χ3v) is 3.64. The number of carbonyl (C=O) groups is 1. The number of allylic oxidation sites excluding steroid dienone is 1. The van der Waals surface area contributed by atoms with Crippen molar-refractivity contribution in [2.45, 2.75) is 58.4 Å². The van der Waals surface area contributed by atoms with Gasteiger partial charge in [0.05, 0.1) is 13.2 Å². The Bertz CT molecular complexity index is 381. The molecule has 0 N–H and O–H groups in total. The SMILES string of the molecule is CC(C)N(C(=O)O[CH-]C1=CCCC12OCCO2)C(C)C.[Li+]. The van der Waals surface area contributed by atoms with Crippen LogP contribution >= 0.6 is 0 Å². The summed E-state index contributed by atoms with van der Waals surface area (Å²) < 4.78 is 16.7. The monoisotopic (exact) mass is 289 g/mol. The summed E-state index contributed by atoms with van der Waals surface area (Å²) in [4.78, 5) is 13.9. The van der Waals surface area contributed by atoms with Gasteiger partial charge in [0.15, 0.2) is 5.79 Å². The first-order valence-corrected chi connectivity index (χ1v) is 7.27. The second-order valence-electron chi connectivity index (χ2n) is 5.74. The summed E-state index contributed by atoms with van der Waals surface area (Å²) in [5, 5.41) is 0. The Kier molecular flexibility index (Phi) is 6.67. The zero-order valence-electron chi connectivity index (χ0n) is 13.7. The summed E-state index contributed by atoms with van der Waals surface area (Å²) in [5.41, 5.74) is 0.816. The van der Waals surface area contributed by atoms with Crippen LogP contribution in [0.3, 0.4) is 0 Å². The van der Waals surface area contributed by atoms with Crippen LogP contribution in [-0.4, -0.2) is 42.1 Å². The molecule has 1 amide bonds. The molecule has 2 aliphatic rings. The van der Waals surface area contributed by atoms with E-state index in [1.807, 2.05) is 33.8 Å². The van der Waals surface area contributed by atoms with E-state index in [0.29, 0.717) is 13.2 Å². The molecule has 2 rings (SSSR count). The minimum absolute atomic E-state index is 0. The predicted molar refractivity (Wildman–Crippen MR) is 74.8 cm³/mol. The van der Waals surface area contributed by atoms with E-state index in [2.05, 4.69) is 0 Å². The van der Waals surface area contributed by atoms with Gasteiger partial charge in [-0.25, -0.2) is 10.9 Å². The average Bonchev–Trinajstić information content (AvgIpc) is 2.97. The third-order valence-electron chi connectivity index (χ3n) is 3.64. The van der Waals surface area contributed by atoms with Crippen LogP contribution in [0.25, 0.3) is 0 Å². The maximum atomic E-state index is 12.1. The molecule has 0 saturated carbocycles. The van der Waals surface area contributed by atoms with Gasteiger partial charge in [0.25, 0.3) is 0 Å². The van der Waals surface area contributed by atoms with Crippen molar-refractivity contribution in [1.29, 1.82) is 0 Å². The maximum absolute atomic E-state index is 12.1. The van der Waals surface area contributed by atoms with Crippen molar-refractivity contribution in [3.8, 4) is 0 Å². The Balaban J connectivity index is 0.00000220. The zero-order chi connectivity index (χ0) is 14.8.